The van der Waals surface area contributed by atoms with Gasteiger partial charge in [-0.15, -0.1) is 0 Å². The van der Waals surface area contributed by atoms with Crippen LogP contribution in [-0.2, 0) is 0 Å². The van der Waals surface area contributed by atoms with Crippen LogP contribution in [0, 0.1) is 0 Å². The van der Waals surface area contributed by atoms with Gasteiger partial charge in [-0.2, -0.15) is 43.9 Å². The molecule has 0 bridgehead atoms. The molecule has 1 N–H and O–H groups in total. The van der Waals surface area contributed by atoms with Gasteiger partial charge in [-0.05, 0) is 6.92 Å². The maximum atomic E-state index is 12.6. The van der Waals surface area contributed by atoms with E-state index in [-0.39, 0.29) is 6.92 Å². The summed E-state index contributed by atoms with van der Waals surface area (Å²) < 4.78 is 135. The summed E-state index contributed by atoms with van der Waals surface area (Å²) in [6.07, 6.45) is -11.0. The monoisotopic (exact) mass is 314 g/mol. The van der Waals surface area contributed by atoms with Crippen molar-refractivity contribution in [2.45, 2.75) is 42.9 Å². The number of alkyl halides is 11. The van der Waals surface area contributed by atoms with Gasteiger partial charge in [0.25, 0.3) is 0 Å². The van der Waals surface area contributed by atoms with Gasteiger partial charge in [0, 0.05) is 0 Å². The molecule has 0 aromatic heterocycles. The van der Waals surface area contributed by atoms with Crippen LogP contribution in [0.4, 0.5) is 48.3 Å². The molecule has 12 heteroatoms. The molecule has 0 aromatic carbocycles. The summed E-state index contributed by atoms with van der Waals surface area (Å²) in [7, 11) is 0. The minimum atomic E-state index is -7.32. The molecule has 0 saturated heterocycles. The molecule has 0 aromatic rings. The van der Waals surface area contributed by atoms with Gasteiger partial charge in [0.2, 0.25) is 0 Å². The van der Waals surface area contributed by atoms with Gasteiger partial charge in [0.15, 0.2) is 6.17 Å². The first-order valence-electron chi connectivity index (χ1n) is 4.20. The van der Waals surface area contributed by atoms with E-state index in [9.17, 15) is 48.3 Å². The Kier molecular flexibility index (Phi) is 4.16. The molecule has 1 nitrogen and oxygen atoms in total. The lowest BCUT2D eigenvalue weighted by molar-refractivity contribution is -0.446. The largest absolute Gasteiger partial charge is 0.455 e. The Hall–Kier alpha value is -0.810. The van der Waals surface area contributed by atoms with E-state index < -0.39 is 36.0 Å². The fourth-order valence-corrected chi connectivity index (χ4v) is 0.845. The number of halogens is 11. The van der Waals surface area contributed by atoms with E-state index >= 15 is 0 Å². The van der Waals surface area contributed by atoms with E-state index in [1.165, 1.54) is 0 Å². The predicted octanol–water partition coefficient (Wildman–Crippen LogP) is 3.47. The normalized spacial score (nSPS) is 20.1. The Morgan fingerprint density at radius 2 is 1.05 bits per heavy atom. The second-order valence-corrected chi connectivity index (χ2v) is 3.51. The Morgan fingerprint density at radius 3 is 1.26 bits per heavy atom. The standard InChI is InChI=1S/C7H5F11O/c1-2(8)3(9,10)4(11,12)5(13,14)6(15,19)7(16,17)18/h2,19H,1H3. The molecule has 0 aliphatic heterocycles. The molecule has 0 spiro atoms. The molecule has 2 atom stereocenters. The lowest BCUT2D eigenvalue weighted by atomic mass is 9.95. The third-order valence-electron chi connectivity index (χ3n) is 2.10. The predicted molar refractivity (Wildman–Crippen MR) is 37.5 cm³/mol. The summed E-state index contributed by atoms with van der Waals surface area (Å²) in [5, 5.41) is 7.78. The van der Waals surface area contributed by atoms with E-state index in [1.807, 2.05) is 0 Å². The second kappa shape index (κ2) is 4.35. The van der Waals surface area contributed by atoms with E-state index in [0.717, 1.165) is 0 Å². The lowest BCUT2D eigenvalue weighted by Crippen LogP contribution is -2.69. The van der Waals surface area contributed by atoms with E-state index in [4.69, 9.17) is 5.11 Å². The summed E-state index contributed by atoms with van der Waals surface area (Å²) in [6.45, 7) is -0.352. The highest BCUT2D eigenvalue weighted by Gasteiger charge is 2.86. The molecule has 0 amide bonds. The van der Waals surface area contributed by atoms with Crippen LogP contribution in [0.3, 0.4) is 0 Å². The Bertz CT molecular complexity index is 328. The molecule has 0 aliphatic carbocycles. The third kappa shape index (κ3) is 2.34. The third-order valence-corrected chi connectivity index (χ3v) is 2.10. The first kappa shape index (κ1) is 18.2. The number of aliphatic hydroxyl groups is 1. The summed E-state index contributed by atoms with van der Waals surface area (Å²) in [4.78, 5) is 0. The van der Waals surface area contributed by atoms with Crippen LogP contribution < -0.4 is 0 Å². The maximum absolute atomic E-state index is 12.6. The van der Waals surface area contributed by atoms with Gasteiger partial charge in [0.05, 0.1) is 0 Å². The van der Waals surface area contributed by atoms with Crippen molar-refractivity contribution in [3.05, 3.63) is 0 Å². The zero-order valence-corrected chi connectivity index (χ0v) is 8.68. The zero-order valence-electron chi connectivity index (χ0n) is 8.68. The fourth-order valence-electron chi connectivity index (χ4n) is 0.845. The zero-order chi connectivity index (χ0) is 16.1. The number of hydrogen-bond donors (Lipinski definition) is 1. The van der Waals surface area contributed by atoms with Crippen LogP contribution in [0.5, 0.6) is 0 Å². The molecule has 0 fully saturated rings. The van der Waals surface area contributed by atoms with Crippen molar-refractivity contribution in [1.82, 2.24) is 0 Å². The minimum Gasteiger partial charge on any atom is -0.350 e. The van der Waals surface area contributed by atoms with Crippen molar-refractivity contribution in [3.63, 3.8) is 0 Å². The van der Waals surface area contributed by atoms with Crippen molar-refractivity contribution in [3.8, 4) is 0 Å². The van der Waals surface area contributed by atoms with Crippen LogP contribution in [0.25, 0.3) is 0 Å². The molecule has 0 heterocycles. The van der Waals surface area contributed by atoms with Gasteiger partial charge in [-0.1, -0.05) is 0 Å². The molecule has 2 unspecified atom stereocenters. The lowest BCUT2D eigenvalue weighted by Gasteiger charge is -2.38. The summed E-state index contributed by atoms with van der Waals surface area (Å²) in [5.74, 6) is -27.8. The van der Waals surface area contributed by atoms with Gasteiger partial charge in [-0.3, -0.25) is 0 Å². The highest BCUT2D eigenvalue weighted by atomic mass is 19.4. The number of hydrogen-bond acceptors (Lipinski definition) is 1. The summed E-state index contributed by atoms with van der Waals surface area (Å²) in [6, 6.07) is 0. The van der Waals surface area contributed by atoms with Crippen LogP contribution in [0.15, 0.2) is 0 Å². The van der Waals surface area contributed by atoms with E-state index in [0.29, 0.717) is 0 Å². The van der Waals surface area contributed by atoms with Crippen LogP contribution in [-0.4, -0.2) is 41.1 Å². The maximum Gasteiger partial charge on any atom is 0.455 e. The first-order valence-corrected chi connectivity index (χ1v) is 4.20. The second-order valence-electron chi connectivity index (χ2n) is 3.51. The van der Waals surface area contributed by atoms with Gasteiger partial charge < -0.3 is 5.11 Å². The molecule has 19 heavy (non-hydrogen) atoms. The molecule has 116 valence electrons. The molecular formula is C7H5F11O. The van der Waals surface area contributed by atoms with Crippen molar-refractivity contribution in [1.29, 1.82) is 0 Å². The van der Waals surface area contributed by atoms with Crippen LogP contribution >= 0.6 is 0 Å². The topological polar surface area (TPSA) is 20.2 Å². The van der Waals surface area contributed by atoms with Crippen LogP contribution in [0.2, 0.25) is 0 Å². The van der Waals surface area contributed by atoms with Crippen molar-refractivity contribution < 1.29 is 53.4 Å². The minimum absolute atomic E-state index is 0.352. The Morgan fingerprint density at radius 1 is 0.737 bits per heavy atom. The van der Waals surface area contributed by atoms with Crippen LogP contribution in [0.1, 0.15) is 6.92 Å². The van der Waals surface area contributed by atoms with Crippen molar-refractivity contribution in [2.24, 2.45) is 0 Å². The average molecular weight is 314 g/mol. The molecule has 0 rings (SSSR count). The highest BCUT2D eigenvalue weighted by molar-refractivity contribution is 5.07. The smallest absolute Gasteiger partial charge is 0.350 e. The van der Waals surface area contributed by atoms with Gasteiger partial charge in [-0.25, -0.2) is 4.39 Å². The Balaban J connectivity index is 5.92. The van der Waals surface area contributed by atoms with Gasteiger partial charge >= 0.3 is 29.8 Å². The summed E-state index contributed by atoms with van der Waals surface area (Å²) >= 11 is 0. The molecular weight excluding hydrogens is 309 g/mol. The fraction of sp³-hybridized carbons (Fsp3) is 1.00. The average Bonchev–Trinajstić information content (AvgIpc) is 2.14. The number of rotatable bonds is 4. The Labute approximate surface area is 97.5 Å². The van der Waals surface area contributed by atoms with Crippen molar-refractivity contribution >= 4 is 0 Å². The molecule has 0 saturated carbocycles. The van der Waals surface area contributed by atoms with Gasteiger partial charge in [0.1, 0.15) is 0 Å². The highest BCUT2D eigenvalue weighted by Crippen LogP contribution is 2.56. The van der Waals surface area contributed by atoms with E-state index in [1.54, 1.807) is 0 Å². The molecule has 0 radical (unpaired) electrons. The summed E-state index contributed by atoms with van der Waals surface area (Å²) in [5.41, 5.74) is 0. The van der Waals surface area contributed by atoms with Crippen molar-refractivity contribution in [2.75, 3.05) is 0 Å². The SMILES string of the molecule is CC(F)C(F)(F)C(F)(F)C(F)(F)C(O)(F)C(F)(F)F. The quantitative estimate of drug-likeness (QED) is 0.788. The van der Waals surface area contributed by atoms with E-state index in [2.05, 4.69) is 0 Å². The first-order chi connectivity index (χ1) is 7.94. The molecule has 0 aliphatic rings.